The van der Waals surface area contributed by atoms with E-state index in [4.69, 9.17) is 5.73 Å². The molecule has 1 heterocycles. The second-order valence-electron chi connectivity index (χ2n) is 4.84. The largest absolute Gasteiger partial charge is 0.373 e. The number of primary amides is 1. The van der Waals surface area contributed by atoms with Crippen molar-refractivity contribution in [2.75, 3.05) is 18.5 Å². The number of anilines is 1. The topological polar surface area (TPSA) is 46.3 Å². The number of amides is 1. The molecule has 3 heteroatoms. The van der Waals surface area contributed by atoms with Gasteiger partial charge in [0.05, 0.1) is 0 Å². The smallest absolute Gasteiger partial charge is 0.248 e. The maximum Gasteiger partial charge on any atom is 0.248 e. The van der Waals surface area contributed by atoms with Gasteiger partial charge in [-0.2, -0.15) is 0 Å². The quantitative estimate of drug-likeness (QED) is 0.753. The Kier molecular flexibility index (Phi) is 2.00. The summed E-state index contributed by atoms with van der Waals surface area (Å²) in [6.45, 7) is 5.39. The maximum absolute atomic E-state index is 11.1. The third-order valence-electron chi connectivity index (χ3n) is 3.06. The lowest BCUT2D eigenvalue weighted by Gasteiger charge is -2.18. The van der Waals surface area contributed by atoms with E-state index in [0.29, 0.717) is 5.56 Å². The fourth-order valence-electron chi connectivity index (χ4n) is 2.34. The Labute approximate surface area is 89.9 Å². The summed E-state index contributed by atoms with van der Waals surface area (Å²) in [6.07, 6.45) is 0. The number of rotatable bonds is 1. The van der Waals surface area contributed by atoms with Crippen molar-refractivity contribution in [2.24, 2.45) is 5.73 Å². The van der Waals surface area contributed by atoms with Crippen molar-refractivity contribution in [1.82, 2.24) is 0 Å². The summed E-state index contributed by atoms with van der Waals surface area (Å²) >= 11 is 0. The lowest BCUT2D eigenvalue weighted by atomic mass is 9.86. The maximum atomic E-state index is 11.1. The third kappa shape index (κ3) is 1.48. The van der Waals surface area contributed by atoms with E-state index in [9.17, 15) is 4.79 Å². The van der Waals surface area contributed by atoms with Crippen LogP contribution in [0.15, 0.2) is 18.2 Å². The molecule has 0 saturated heterocycles. The average Bonchev–Trinajstić information content (AvgIpc) is 2.37. The summed E-state index contributed by atoms with van der Waals surface area (Å²) in [4.78, 5) is 13.2. The molecule has 0 spiro atoms. The predicted molar refractivity (Wildman–Crippen MR) is 61.3 cm³/mol. The summed E-state index contributed by atoms with van der Waals surface area (Å²) in [6, 6.07) is 5.70. The Morgan fingerprint density at radius 3 is 2.73 bits per heavy atom. The summed E-state index contributed by atoms with van der Waals surface area (Å²) in [5.74, 6) is -0.365. The molecule has 0 aliphatic carbocycles. The molecule has 0 aromatic heterocycles. The number of nitrogens with zero attached hydrogens (tertiary/aromatic N) is 1. The monoisotopic (exact) mass is 204 g/mol. The molecule has 1 aliphatic heterocycles. The summed E-state index contributed by atoms with van der Waals surface area (Å²) in [7, 11) is 2.04. The first-order chi connectivity index (χ1) is 6.92. The van der Waals surface area contributed by atoms with Crippen molar-refractivity contribution in [3.63, 3.8) is 0 Å². The molecule has 1 aromatic rings. The number of fused-ring (bicyclic) bond motifs is 1. The van der Waals surface area contributed by atoms with E-state index < -0.39 is 0 Å². The number of carbonyl (C=O) groups is 1. The Morgan fingerprint density at radius 2 is 2.13 bits per heavy atom. The molecular formula is C12H16N2O. The zero-order valence-electron chi connectivity index (χ0n) is 9.37. The summed E-state index contributed by atoms with van der Waals surface area (Å²) < 4.78 is 0. The van der Waals surface area contributed by atoms with Gasteiger partial charge in [-0.3, -0.25) is 4.79 Å². The van der Waals surface area contributed by atoms with E-state index in [1.165, 1.54) is 5.56 Å². The highest BCUT2D eigenvalue weighted by molar-refractivity contribution is 5.94. The van der Waals surface area contributed by atoms with E-state index >= 15 is 0 Å². The van der Waals surface area contributed by atoms with Crippen molar-refractivity contribution >= 4 is 11.6 Å². The zero-order valence-corrected chi connectivity index (χ0v) is 9.37. The van der Waals surface area contributed by atoms with Crippen LogP contribution in [0.2, 0.25) is 0 Å². The van der Waals surface area contributed by atoms with Crippen LogP contribution in [0.3, 0.4) is 0 Å². The first-order valence-electron chi connectivity index (χ1n) is 5.07. The first-order valence-corrected chi connectivity index (χ1v) is 5.07. The molecule has 0 radical (unpaired) electrons. The minimum atomic E-state index is -0.365. The molecule has 0 unspecified atom stereocenters. The molecule has 1 aromatic carbocycles. The molecule has 0 atom stereocenters. The van der Waals surface area contributed by atoms with Crippen LogP contribution >= 0.6 is 0 Å². The SMILES string of the molecule is CN1CC(C)(C)c2ccc(C(N)=O)cc21. The number of hydrogen-bond acceptors (Lipinski definition) is 2. The van der Waals surface area contributed by atoms with Gasteiger partial charge in [0.15, 0.2) is 0 Å². The van der Waals surface area contributed by atoms with Crippen molar-refractivity contribution < 1.29 is 4.79 Å². The second kappa shape index (κ2) is 2.99. The number of hydrogen-bond donors (Lipinski definition) is 1. The first kappa shape index (κ1) is 10.0. The molecule has 0 fully saturated rings. The molecule has 1 aliphatic rings. The second-order valence-corrected chi connectivity index (χ2v) is 4.84. The normalized spacial score (nSPS) is 17.7. The molecule has 0 saturated carbocycles. The van der Waals surface area contributed by atoms with Gasteiger partial charge in [0.1, 0.15) is 0 Å². The van der Waals surface area contributed by atoms with E-state index in [2.05, 4.69) is 18.7 Å². The van der Waals surface area contributed by atoms with Crippen LogP contribution in [0.4, 0.5) is 5.69 Å². The molecule has 2 rings (SSSR count). The van der Waals surface area contributed by atoms with E-state index in [1.54, 1.807) is 0 Å². The predicted octanol–water partition coefficient (Wildman–Crippen LogP) is 1.51. The lowest BCUT2D eigenvalue weighted by Crippen LogP contribution is -2.24. The van der Waals surface area contributed by atoms with Crippen LogP contribution in [0.25, 0.3) is 0 Å². The van der Waals surface area contributed by atoms with Crippen LogP contribution in [-0.2, 0) is 5.41 Å². The fourth-order valence-corrected chi connectivity index (χ4v) is 2.34. The molecule has 3 nitrogen and oxygen atoms in total. The van der Waals surface area contributed by atoms with Crippen LogP contribution in [0, 0.1) is 0 Å². The highest BCUT2D eigenvalue weighted by Crippen LogP contribution is 2.39. The van der Waals surface area contributed by atoms with E-state index in [1.807, 2.05) is 25.2 Å². The Bertz CT molecular complexity index is 424. The van der Waals surface area contributed by atoms with Gasteiger partial charge >= 0.3 is 0 Å². The van der Waals surface area contributed by atoms with Gasteiger partial charge in [-0.05, 0) is 17.7 Å². The number of nitrogens with two attached hydrogens (primary N) is 1. The van der Waals surface area contributed by atoms with Crippen LogP contribution in [-0.4, -0.2) is 19.5 Å². The molecule has 2 N–H and O–H groups in total. The number of benzene rings is 1. The molecule has 15 heavy (non-hydrogen) atoms. The van der Waals surface area contributed by atoms with Crippen molar-refractivity contribution in [1.29, 1.82) is 0 Å². The van der Waals surface area contributed by atoms with Gasteiger partial charge in [0.2, 0.25) is 5.91 Å². The van der Waals surface area contributed by atoms with E-state index in [0.717, 1.165) is 12.2 Å². The van der Waals surface area contributed by atoms with Crippen molar-refractivity contribution in [2.45, 2.75) is 19.3 Å². The van der Waals surface area contributed by atoms with E-state index in [-0.39, 0.29) is 11.3 Å². The van der Waals surface area contributed by atoms with Crippen LogP contribution in [0.1, 0.15) is 29.8 Å². The number of carbonyl (C=O) groups excluding carboxylic acids is 1. The van der Waals surface area contributed by atoms with Crippen molar-refractivity contribution in [3.05, 3.63) is 29.3 Å². The van der Waals surface area contributed by atoms with Gasteiger partial charge in [-0.1, -0.05) is 19.9 Å². The minimum absolute atomic E-state index is 0.153. The number of likely N-dealkylation sites (N-methyl/N-ethyl adjacent to an activating group) is 1. The lowest BCUT2D eigenvalue weighted by molar-refractivity contribution is 0.100. The summed E-state index contributed by atoms with van der Waals surface area (Å²) in [5.41, 5.74) is 8.41. The minimum Gasteiger partial charge on any atom is -0.373 e. The zero-order chi connectivity index (χ0) is 11.2. The van der Waals surface area contributed by atoms with Gasteiger partial charge < -0.3 is 10.6 Å². The Morgan fingerprint density at radius 1 is 1.47 bits per heavy atom. The van der Waals surface area contributed by atoms with Gasteiger partial charge in [-0.25, -0.2) is 0 Å². The third-order valence-corrected chi connectivity index (χ3v) is 3.06. The molecule has 1 amide bonds. The Hall–Kier alpha value is -1.51. The standard InChI is InChI=1S/C12H16N2O/c1-12(2)7-14(3)10-6-8(11(13)15)4-5-9(10)12/h4-6H,7H2,1-3H3,(H2,13,15). The molecular weight excluding hydrogens is 188 g/mol. The highest BCUT2D eigenvalue weighted by atomic mass is 16.1. The molecule has 0 bridgehead atoms. The van der Waals surface area contributed by atoms with Crippen LogP contribution in [0.5, 0.6) is 0 Å². The van der Waals surface area contributed by atoms with Crippen molar-refractivity contribution in [3.8, 4) is 0 Å². The van der Waals surface area contributed by atoms with Gasteiger partial charge in [0, 0.05) is 30.3 Å². The van der Waals surface area contributed by atoms with Gasteiger partial charge in [0.25, 0.3) is 0 Å². The average molecular weight is 204 g/mol. The van der Waals surface area contributed by atoms with Crippen LogP contribution < -0.4 is 10.6 Å². The fraction of sp³-hybridized carbons (Fsp3) is 0.417. The summed E-state index contributed by atoms with van der Waals surface area (Å²) in [5, 5.41) is 0. The Balaban J connectivity index is 2.55. The highest BCUT2D eigenvalue weighted by Gasteiger charge is 2.33. The molecule has 80 valence electrons. The van der Waals surface area contributed by atoms with Gasteiger partial charge in [-0.15, -0.1) is 0 Å².